The van der Waals surface area contributed by atoms with Crippen LogP contribution in [-0.4, -0.2) is 31.8 Å². The molecule has 25 heavy (non-hydrogen) atoms. The van der Waals surface area contributed by atoms with Crippen LogP contribution in [0.5, 0.6) is 0 Å². The van der Waals surface area contributed by atoms with Crippen molar-refractivity contribution < 1.29 is 26.3 Å². The van der Waals surface area contributed by atoms with Gasteiger partial charge < -0.3 is 5.32 Å². The minimum absolute atomic E-state index is 0.216. The number of anilines is 1. The van der Waals surface area contributed by atoms with Crippen LogP contribution in [0.2, 0.25) is 0 Å². The predicted octanol–water partition coefficient (Wildman–Crippen LogP) is 4.23. The maximum Gasteiger partial charge on any atom is 0.453 e. The number of hydrogen-bond acceptors (Lipinski definition) is 4. The highest BCUT2D eigenvalue weighted by Gasteiger charge is 2.42. The van der Waals surface area contributed by atoms with Crippen LogP contribution >= 0.6 is 0 Å². The second-order valence-corrected chi connectivity index (χ2v) is 6.93. The summed E-state index contributed by atoms with van der Waals surface area (Å²) in [5.74, 6) is -2.14. The van der Waals surface area contributed by atoms with Crippen LogP contribution in [0.15, 0.2) is 6.07 Å². The molecular weight excluding hydrogens is 352 g/mol. The van der Waals surface area contributed by atoms with E-state index in [1.807, 2.05) is 0 Å². The van der Waals surface area contributed by atoms with Gasteiger partial charge in [-0.2, -0.15) is 35.8 Å². The number of hydrogen-bond donors (Lipinski definition) is 1. The standard InChI is InChI=1S/C14H17F6N5/c1-7-5-9(22-8(13(15,16)17)6-12(2,3)4)25-11(21-7)23-10(24-25)14(18,19)20/h5,8,22H,6H2,1-4H3/t8-/m0/s1. The number of rotatable bonds is 3. The molecule has 11 heteroatoms. The van der Waals surface area contributed by atoms with E-state index in [4.69, 9.17) is 0 Å². The first-order valence-electron chi connectivity index (χ1n) is 7.32. The fourth-order valence-electron chi connectivity index (χ4n) is 2.25. The van der Waals surface area contributed by atoms with Gasteiger partial charge in [-0.15, -0.1) is 5.10 Å². The molecule has 0 radical (unpaired) electrons. The summed E-state index contributed by atoms with van der Waals surface area (Å²) in [5.41, 5.74) is -0.443. The number of fused-ring (bicyclic) bond motifs is 1. The van der Waals surface area contributed by atoms with Gasteiger partial charge in [0, 0.05) is 11.8 Å². The summed E-state index contributed by atoms with van der Waals surface area (Å²) in [6, 6.07) is -0.764. The number of aromatic nitrogens is 4. The zero-order chi connectivity index (χ0) is 19.2. The average molecular weight is 369 g/mol. The van der Waals surface area contributed by atoms with Crippen molar-refractivity contribution in [3.05, 3.63) is 17.6 Å². The third-order valence-electron chi connectivity index (χ3n) is 3.23. The molecule has 2 aromatic heterocycles. The van der Waals surface area contributed by atoms with Crippen molar-refractivity contribution >= 4 is 11.6 Å². The van der Waals surface area contributed by atoms with Gasteiger partial charge in [0.15, 0.2) is 0 Å². The van der Waals surface area contributed by atoms with E-state index in [1.54, 1.807) is 20.8 Å². The van der Waals surface area contributed by atoms with Crippen molar-refractivity contribution in [3.63, 3.8) is 0 Å². The molecule has 2 heterocycles. The van der Waals surface area contributed by atoms with E-state index in [9.17, 15) is 26.3 Å². The zero-order valence-corrected chi connectivity index (χ0v) is 13.9. The predicted molar refractivity (Wildman–Crippen MR) is 78.1 cm³/mol. The van der Waals surface area contributed by atoms with Crippen LogP contribution in [0.1, 0.15) is 38.7 Å². The van der Waals surface area contributed by atoms with Gasteiger partial charge >= 0.3 is 12.4 Å². The maximum atomic E-state index is 13.3. The number of nitrogens with one attached hydrogen (secondary N) is 1. The molecule has 0 unspecified atom stereocenters. The summed E-state index contributed by atoms with van der Waals surface area (Å²) in [6.45, 7) is 6.35. The molecular formula is C14H17F6N5. The fourth-order valence-corrected chi connectivity index (χ4v) is 2.25. The van der Waals surface area contributed by atoms with Crippen molar-refractivity contribution in [1.29, 1.82) is 0 Å². The van der Waals surface area contributed by atoms with Crippen molar-refractivity contribution in [2.24, 2.45) is 5.41 Å². The number of aryl methyl sites for hydroxylation is 1. The molecule has 2 aromatic rings. The summed E-state index contributed by atoms with van der Waals surface area (Å²) in [6.07, 6.45) is -9.70. The lowest BCUT2D eigenvalue weighted by Gasteiger charge is -2.29. The van der Waals surface area contributed by atoms with Gasteiger partial charge in [0.1, 0.15) is 11.9 Å². The maximum absolute atomic E-state index is 13.3. The Hall–Kier alpha value is -2.07. The van der Waals surface area contributed by atoms with Gasteiger partial charge in [0.05, 0.1) is 0 Å². The number of alkyl halides is 6. The van der Waals surface area contributed by atoms with E-state index in [0.29, 0.717) is 4.52 Å². The topological polar surface area (TPSA) is 55.1 Å². The van der Waals surface area contributed by atoms with Gasteiger partial charge in [0.25, 0.3) is 11.6 Å². The minimum Gasteiger partial charge on any atom is -0.358 e. The Labute approximate surface area is 139 Å². The quantitative estimate of drug-likeness (QED) is 0.823. The minimum atomic E-state index is -4.83. The summed E-state index contributed by atoms with van der Waals surface area (Å²) in [5, 5.41) is 5.50. The molecule has 0 bridgehead atoms. The van der Waals surface area contributed by atoms with E-state index in [2.05, 4.69) is 20.4 Å². The molecule has 0 aliphatic carbocycles. The SMILES string of the molecule is Cc1cc(N[C@@H](CC(C)(C)C)C(F)(F)F)n2nc(C(F)(F)F)nc2n1. The van der Waals surface area contributed by atoms with Gasteiger partial charge in [-0.3, -0.25) is 0 Å². The summed E-state index contributed by atoms with van der Waals surface area (Å²) in [4.78, 5) is 7.03. The van der Waals surface area contributed by atoms with E-state index in [-0.39, 0.29) is 17.9 Å². The lowest BCUT2D eigenvalue weighted by Crippen LogP contribution is -2.39. The van der Waals surface area contributed by atoms with Crippen molar-refractivity contribution in [2.45, 2.75) is 52.5 Å². The average Bonchev–Trinajstić information content (AvgIpc) is 2.78. The van der Waals surface area contributed by atoms with Crippen LogP contribution in [0.4, 0.5) is 32.2 Å². The molecule has 0 fully saturated rings. The second kappa shape index (κ2) is 6.03. The van der Waals surface area contributed by atoms with Crippen molar-refractivity contribution in [1.82, 2.24) is 19.6 Å². The van der Waals surface area contributed by atoms with E-state index in [1.165, 1.54) is 13.0 Å². The molecule has 140 valence electrons. The van der Waals surface area contributed by atoms with Gasteiger partial charge in [-0.25, -0.2) is 4.98 Å². The third-order valence-corrected chi connectivity index (χ3v) is 3.23. The molecule has 2 rings (SSSR count). The van der Waals surface area contributed by atoms with Crippen LogP contribution in [0, 0.1) is 12.3 Å². The molecule has 0 amide bonds. The first-order chi connectivity index (χ1) is 11.2. The molecule has 0 saturated carbocycles. The molecule has 5 nitrogen and oxygen atoms in total. The molecule has 1 atom stereocenters. The molecule has 1 N–H and O–H groups in total. The van der Waals surface area contributed by atoms with Crippen LogP contribution in [-0.2, 0) is 6.18 Å². The zero-order valence-electron chi connectivity index (χ0n) is 13.9. The largest absolute Gasteiger partial charge is 0.453 e. The fraction of sp³-hybridized carbons (Fsp3) is 0.643. The monoisotopic (exact) mass is 369 g/mol. The van der Waals surface area contributed by atoms with Crippen LogP contribution in [0.3, 0.4) is 0 Å². The van der Waals surface area contributed by atoms with Gasteiger partial charge in [-0.1, -0.05) is 20.8 Å². The van der Waals surface area contributed by atoms with Crippen LogP contribution < -0.4 is 5.32 Å². The Balaban J connectivity index is 2.49. The summed E-state index contributed by atoms with van der Waals surface area (Å²) < 4.78 is 78.9. The van der Waals surface area contributed by atoms with Crippen molar-refractivity contribution in [2.75, 3.05) is 5.32 Å². The molecule has 0 saturated heterocycles. The Bertz CT molecular complexity index is 756. The highest BCUT2D eigenvalue weighted by molar-refractivity contribution is 5.46. The molecule has 0 aliphatic heterocycles. The lowest BCUT2D eigenvalue weighted by molar-refractivity contribution is -0.148. The normalized spacial score (nSPS) is 14.8. The Morgan fingerprint density at radius 1 is 1.08 bits per heavy atom. The van der Waals surface area contributed by atoms with Gasteiger partial charge in [0.2, 0.25) is 0 Å². The van der Waals surface area contributed by atoms with Crippen molar-refractivity contribution in [3.8, 4) is 0 Å². The molecule has 0 spiro atoms. The number of nitrogens with zero attached hydrogens (tertiary/aromatic N) is 4. The van der Waals surface area contributed by atoms with Crippen LogP contribution in [0.25, 0.3) is 5.78 Å². The first-order valence-corrected chi connectivity index (χ1v) is 7.32. The highest BCUT2D eigenvalue weighted by atomic mass is 19.4. The third kappa shape index (κ3) is 4.73. The Morgan fingerprint density at radius 3 is 2.16 bits per heavy atom. The van der Waals surface area contributed by atoms with E-state index >= 15 is 0 Å². The lowest BCUT2D eigenvalue weighted by atomic mass is 9.88. The summed E-state index contributed by atoms with van der Waals surface area (Å²) in [7, 11) is 0. The van der Waals surface area contributed by atoms with E-state index in [0.717, 1.165) is 0 Å². The first kappa shape index (κ1) is 19.3. The summed E-state index contributed by atoms with van der Waals surface area (Å²) >= 11 is 0. The Morgan fingerprint density at radius 2 is 1.68 bits per heavy atom. The molecule has 0 aliphatic rings. The van der Waals surface area contributed by atoms with E-state index < -0.39 is 35.4 Å². The highest BCUT2D eigenvalue weighted by Crippen LogP contribution is 2.33. The molecule has 0 aromatic carbocycles. The number of halogens is 6. The Kier molecular flexibility index (Phi) is 4.64. The van der Waals surface area contributed by atoms with Gasteiger partial charge in [-0.05, 0) is 18.8 Å². The second-order valence-electron chi connectivity index (χ2n) is 6.93. The smallest absolute Gasteiger partial charge is 0.358 e.